The molecular weight excluding hydrogens is 412 g/mol. The summed E-state index contributed by atoms with van der Waals surface area (Å²) in [5.74, 6) is 1.13. The molecule has 1 aliphatic rings. The second-order valence-corrected chi connectivity index (χ2v) is 9.34. The van der Waals surface area contributed by atoms with E-state index in [1.807, 2.05) is 60.7 Å². The summed E-state index contributed by atoms with van der Waals surface area (Å²) in [4.78, 5) is 14.6. The third-order valence-electron chi connectivity index (χ3n) is 5.17. The maximum Gasteiger partial charge on any atom is 0.254 e. The van der Waals surface area contributed by atoms with Gasteiger partial charge in [0.1, 0.15) is 11.5 Å². The summed E-state index contributed by atoms with van der Waals surface area (Å²) in [6, 6.07) is 25.6. The van der Waals surface area contributed by atoms with Crippen molar-refractivity contribution in [2.24, 2.45) is 0 Å². The molecule has 6 nitrogen and oxygen atoms in total. The Labute approximate surface area is 182 Å². The van der Waals surface area contributed by atoms with E-state index >= 15 is 0 Å². The van der Waals surface area contributed by atoms with Gasteiger partial charge in [0.05, 0.1) is 5.75 Å². The smallest absolute Gasteiger partial charge is 0.254 e. The van der Waals surface area contributed by atoms with Crippen molar-refractivity contribution in [1.82, 2.24) is 9.21 Å². The first-order valence-corrected chi connectivity index (χ1v) is 11.8. The van der Waals surface area contributed by atoms with Gasteiger partial charge in [-0.05, 0) is 35.9 Å². The highest BCUT2D eigenvalue weighted by molar-refractivity contribution is 7.88. The number of carbonyl (C=O) groups excluding carboxylic acids is 1. The van der Waals surface area contributed by atoms with E-state index in [1.165, 1.54) is 4.31 Å². The van der Waals surface area contributed by atoms with Gasteiger partial charge in [-0.3, -0.25) is 4.79 Å². The summed E-state index contributed by atoms with van der Waals surface area (Å²) in [5.41, 5.74) is 1.28. The van der Waals surface area contributed by atoms with Crippen LogP contribution >= 0.6 is 0 Å². The van der Waals surface area contributed by atoms with E-state index in [2.05, 4.69) is 0 Å². The number of rotatable bonds is 6. The lowest BCUT2D eigenvalue weighted by molar-refractivity contribution is 0.0697. The highest BCUT2D eigenvalue weighted by Crippen LogP contribution is 2.23. The predicted molar refractivity (Wildman–Crippen MR) is 120 cm³/mol. The fourth-order valence-corrected chi connectivity index (χ4v) is 5.06. The van der Waals surface area contributed by atoms with Gasteiger partial charge in [-0.2, -0.15) is 4.31 Å². The van der Waals surface area contributed by atoms with Crippen molar-refractivity contribution >= 4 is 15.9 Å². The van der Waals surface area contributed by atoms with Crippen molar-refractivity contribution < 1.29 is 17.9 Å². The predicted octanol–water partition coefficient (Wildman–Crippen LogP) is 3.77. The Balaban J connectivity index is 1.37. The summed E-state index contributed by atoms with van der Waals surface area (Å²) in [6.07, 6.45) is 0. The third-order valence-corrected chi connectivity index (χ3v) is 7.02. The summed E-state index contributed by atoms with van der Waals surface area (Å²) >= 11 is 0. The molecule has 3 aromatic rings. The molecule has 0 atom stereocenters. The molecular formula is C24H24N2O4S. The van der Waals surface area contributed by atoms with E-state index in [4.69, 9.17) is 4.74 Å². The zero-order valence-electron chi connectivity index (χ0n) is 17.1. The van der Waals surface area contributed by atoms with Crippen molar-refractivity contribution in [2.45, 2.75) is 5.75 Å². The van der Waals surface area contributed by atoms with Gasteiger partial charge in [0.25, 0.3) is 5.91 Å². The number of carbonyl (C=O) groups is 1. The highest BCUT2D eigenvalue weighted by Gasteiger charge is 2.29. The summed E-state index contributed by atoms with van der Waals surface area (Å²) in [5, 5.41) is 0. The monoisotopic (exact) mass is 436 g/mol. The molecule has 1 fully saturated rings. The van der Waals surface area contributed by atoms with E-state index in [9.17, 15) is 13.2 Å². The van der Waals surface area contributed by atoms with E-state index in [1.54, 1.807) is 29.2 Å². The number of para-hydroxylation sites is 1. The van der Waals surface area contributed by atoms with Crippen molar-refractivity contribution in [3.63, 3.8) is 0 Å². The standard InChI is InChI=1S/C24H24N2O4S/c27-24(21-10-7-13-23(18-21)30-22-11-5-2-6-12-22)25-14-16-26(17-15-25)31(28,29)19-20-8-3-1-4-9-20/h1-13,18H,14-17,19H2. The second kappa shape index (κ2) is 9.32. The lowest BCUT2D eigenvalue weighted by Gasteiger charge is -2.34. The third kappa shape index (κ3) is 5.31. The van der Waals surface area contributed by atoms with Gasteiger partial charge in [0.15, 0.2) is 0 Å². The van der Waals surface area contributed by atoms with Crippen LogP contribution in [0.25, 0.3) is 0 Å². The molecule has 0 unspecified atom stereocenters. The van der Waals surface area contributed by atoms with Crippen LogP contribution in [0.3, 0.4) is 0 Å². The van der Waals surface area contributed by atoms with Crippen LogP contribution < -0.4 is 4.74 Å². The summed E-state index contributed by atoms with van der Waals surface area (Å²) in [6.45, 7) is 1.30. The summed E-state index contributed by atoms with van der Waals surface area (Å²) in [7, 11) is -3.42. The molecule has 31 heavy (non-hydrogen) atoms. The molecule has 1 aliphatic heterocycles. The Hall–Kier alpha value is -3.16. The van der Waals surface area contributed by atoms with Gasteiger partial charge < -0.3 is 9.64 Å². The van der Waals surface area contributed by atoms with E-state index < -0.39 is 10.0 Å². The zero-order chi connectivity index (χ0) is 21.7. The number of amides is 1. The Morgan fingerprint density at radius 1 is 0.774 bits per heavy atom. The Morgan fingerprint density at radius 2 is 1.39 bits per heavy atom. The minimum absolute atomic E-state index is 0.0271. The maximum atomic E-state index is 13.0. The largest absolute Gasteiger partial charge is 0.457 e. The molecule has 0 saturated carbocycles. The average molecular weight is 437 g/mol. The fourth-order valence-electron chi connectivity index (χ4n) is 3.55. The molecule has 0 aromatic heterocycles. The van der Waals surface area contributed by atoms with Crippen LogP contribution in [0.1, 0.15) is 15.9 Å². The van der Waals surface area contributed by atoms with Gasteiger partial charge in [-0.25, -0.2) is 8.42 Å². The van der Waals surface area contributed by atoms with Crippen LogP contribution in [-0.4, -0.2) is 49.7 Å². The normalized spacial score (nSPS) is 14.9. The average Bonchev–Trinajstić information content (AvgIpc) is 2.80. The van der Waals surface area contributed by atoms with Crippen LogP contribution in [0.2, 0.25) is 0 Å². The zero-order valence-corrected chi connectivity index (χ0v) is 17.9. The Bertz CT molecular complexity index is 1130. The molecule has 1 amide bonds. The molecule has 0 bridgehead atoms. The first kappa shape index (κ1) is 21.1. The number of hydrogen-bond donors (Lipinski definition) is 0. The molecule has 160 valence electrons. The van der Waals surface area contributed by atoms with E-state index in [0.717, 1.165) is 5.56 Å². The van der Waals surface area contributed by atoms with Crippen LogP contribution in [0.4, 0.5) is 0 Å². The lowest BCUT2D eigenvalue weighted by Crippen LogP contribution is -2.50. The molecule has 1 saturated heterocycles. The molecule has 7 heteroatoms. The molecule has 0 radical (unpaired) electrons. The van der Waals surface area contributed by atoms with Crippen molar-refractivity contribution in [3.8, 4) is 11.5 Å². The number of sulfonamides is 1. The van der Waals surface area contributed by atoms with E-state index in [-0.39, 0.29) is 11.7 Å². The van der Waals surface area contributed by atoms with Crippen LogP contribution in [0.15, 0.2) is 84.9 Å². The van der Waals surface area contributed by atoms with Gasteiger partial charge in [0, 0.05) is 31.7 Å². The Kier molecular flexibility index (Phi) is 6.34. The summed E-state index contributed by atoms with van der Waals surface area (Å²) < 4.78 is 32.7. The number of ether oxygens (including phenoxy) is 1. The molecule has 3 aromatic carbocycles. The first-order chi connectivity index (χ1) is 15.0. The lowest BCUT2D eigenvalue weighted by atomic mass is 10.1. The highest BCUT2D eigenvalue weighted by atomic mass is 32.2. The van der Waals surface area contributed by atoms with Gasteiger partial charge in [-0.1, -0.05) is 54.6 Å². The van der Waals surface area contributed by atoms with Gasteiger partial charge in [-0.15, -0.1) is 0 Å². The minimum atomic E-state index is -3.42. The fraction of sp³-hybridized carbons (Fsp3) is 0.208. The SMILES string of the molecule is O=C(c1cccc(Oc2ccccc2)c1)N1CCN(S(=O)(=O)Cc2ccccc2)CC1. The molecule has 0 aliphatic carbocycles. The number of nitrogens with zero attached hydrogens (tertiary/aromatic N) is 2. The first-order valence-electron chi connectivity index (χ1n) is 10.2. The van der Waals surface area contributed by atoms with Crippen LogP contribution in [0.5, 0.6) is 11.5 Å². The minimum Gasteiger partial charge on any atom is -0.457 e. The molecule has 4 rings (SSSR count). The van der Waals surface area contributed by atoms with Crippen molar-refractivity contribution in [3.05, 3.63) is 96.1 Å². The second-order valence-electron chi connectivity index (χ2n) is 7.38. The molecule has 0 spiro atoms. The van der Waals surface area contributed by atoms with Crippen molar-refractivity contribution in [1.29, 1.82) is 0 Å². The molecule has 1 heterocycles. The van der Waals surface area contributed by atoms with Crippen LogP contribution in [-0.2, 0) is 15.8 Å². The Morgan fingerprint density at radius 3 is 2.06 bits per heavy atom. The number of benzene rings is 3. The van der Waals surface area contributed by atoms with E-state index in [0.29, 0.717) is 43.2 Å². The number of piperazine rings is 1. The van der Waals surface area contributed by atoms with Gasteiger partial charge >= 0.3 is 0 Å². The van der Waals surface area contributed by atoms with Gasteiger partial charge in [0.2, 0.25) is 10.0 Å². The topological polar surface area (TPSA) is 66.9 Å². The maximum absolute atomic E-state index is 13.0. The van der Waals surface area contributed by atoms with Crippen LogP contribution in [0, 0.1) is 0 Å². The quantitative estimate of drug-likeness (QED) is 0.590. The molecule has 0 N–H and O–H groups in total. The van der Waals surface area contributed by atoms with Crippen molar-refractivity contribution in [2.75, 3.05) is 26.2 Å². The number of hydrogen-bond acceptors (Lipinski definition) is 4.